The van der Waals surface area contributed by atoms with Crippen molar-refractivity contribution in [2.45, 2.75) is 31.9 Å². The van der Waals surface area contributed by atoms with Crippen LogP contribution in [0.1, 0.15) is 37.1 Å². The smallest absolute Gasteiger partial charge is 0.119 e. The Hall–Kier alpha value is -1.46. The Morgan fingerprint density at radius 2 is 2.16 bits per heavy atom. The molecule has 0 radical (unpaired) electrons. The Morgan fingerprint density at radius 3 is 2.74 bits per heavy atom. The zero-order valence-corrected chi connectivity index (χ0v) is 11.7. The van der Waals surface area contributed by atoms with E-state index in [4.69, 9.17) is 4.74 Å². The Balaban J connectivity index is 1.77. The van der Waals surface area contributed by atoms with Crippen molar-refractivity contribution < 1.29 is 4.74 Å². The van der Waals surface area contributed by atoms with Gasteiger partial charge in [0.25, 0.3) is 0 Å². The third kappa shape index (κ3) is 3.11. The molecule has 0 saturated heterocycles. The second-order valence-corrected chi connectivity index (χ2v) is 5.27. The predicted octanol–water partition coefficient (Wildman–Crippen LogP) is 2.78. The summed E-state index contributed by atoms with van der Waals surface area (Å²) < 4.78 is 14.2. The molecule has 19 heavy (non-hydrogen) atoms. The molecule has 2 aromatic rings. The van der Waals surface area contributed by atoms with Gasteiger partial charge in [-0.1, -0.05) is 19.1 Å². The minimum Gasteiger partial charge on any atom is -0.490 e. The van der Waals surface area contributed by atoms with E-state index in [9.17, 15) is 0 Å². The van der Waals surface area contributed by atoms with Crippen LogP contribution < -0.4 is 10.1 Å². The van der Waals surface area contributed by atoms with Crippen molar-refractivity contribution in [2.75, 3.05) is 6.54 Å². The number of hydrogen-bond donors (Lipinski definition) is 1. The fourth-order valence-corrected chi connectivity index (χ4v) is 2.46. The van der Waals surface area contributed by atoms with E-state index in [1.807, 2.05) is 18.3 Å². The number of nitrogens with one attached hydrogen (secondary N) is 1. The summed E-state index contributed by atoms with van der Waals surface area (Å²) in [6.07, 6.45) is 4.64. The standard InChI is InChI=1S/C14H17N3OS/c1-2-15-14(13-9-16-19-17-13)10-3-5-11(6-4-10)18-12-7-8-12/h3-6,9,12,14-15H,2,7-8H2,1H3. The van der Waals surface area contributed by atoms with Gasteiger partial charge in [-0.3, -0.25) is 0 Å². The van der Waals surface area contributed by atoms with E-state index in [-0.39, 0.29) is 6.04 Å². The summed E-state index contributed by atoms with van der Waals surface area (Å²) in [5, 5.41) is 3.44. The highest BCUT2D eigenvalue weighted by molar-refractivity contribution is 6.99. The lowest BCUT2D eigenvalue weighted by molar-refractivity contribution is 0.303. The first-order valence-electron chi connectivity index (χ1n) is 6.64. The molecule has 1 fully saturated rings. The minimum absolute atomic E-state index is 0.110. The highest BCUT2D eigenvalue weighted by Gasteiger charge is 2.23. The van der Waals surface area contributed by atoms with Gasteiger partial charge in [-0.25, -0.2) is 0 Å². The van der Waals surface area contributed by atoms with Gasteiger partial charge in [0, 0.05) is 0 Å². The zero-order chi connectivity index (χ0) is 13.1. The van der Waals surface area contributed by atoms with Crippen LogP contribution in [0.25, 0.3) is 0 Å². The molecule has 1 aliphatic rings. The van der Waals surface area contributed by atoms with Gasteiger partial charge in [-0.2, -0.15) is 8.75 Å². The average molecular weight is 275 g/mol. The second-order valence-electron chi connectivity index (χ2n) is 4.71. The van der Waals surface area contributed by atoms with Crippen LogP contribution in [0.15, 0.2) is 30.5 Å². The van der Waals surface area contributed by atoms with Crippen molar-refractivity contribution in [3.63, 3.8) is 0 Å². The van der Waals surface area contributed by atoms with Gasteiger partial charge in [0.15, 0.2) is 0 Å². The molecule has 1 N–H and O–H groups in total. The molecule has 1 heterocycles. The fourth-order valence-electron chi connectivity index (χ4n) is 2.01. The molecule has 4 nitrogen and oxygen atoms in total. The topological polar surface area (TPSA) is 47.0 Å². The molecule has 0 aliphatic heterocycles. The molecule has 3 rings (SSSR count). The summed E-state index contributed by atoms with van der Waals surface area (Å²) in [4.78, 5) is 0. The maximum Gasteiger partial charge on any atom is 0.119 e. The number of aromatic nitrogens is 2. The lowest BCUT2D eigenvalue weighted by atomic mass is 10.0. The van der Waals surface area contributed by atoms with Crippen LogP contribution in [0.2, 0.25) is 0 Å². The van der Waals surface area contributed by atoms with Crippen molar-refractivity contribution in [3.8, 4) is 5.75 Å². The lowest BCUT2D eigenvalue weighted by Crippen LogP contribution is -2.22. The van der Waals surface area contributed by atoms with Crippen LogP contribution in [0, 0.1) is 0 Å². The summed E-state index contributed by atoms with van der Waals surface area (Å²) in [7, 11) is 0. The molecule has 5 heteroatoms. The number of hydrogen-bond acceptors (Lipinski definition) is 5. The van der Waals surface area contributed by atoms with E-state index in [2.05, 4.69) is 33.1 Å². The zero-order valence-electron chi connectivity index (χ0n) is 10.9. The third-order valence-corrected chi connectivity index (χ3v) is 3.62. The quantitative estimate of drug-likeness (QED) is 0.880. The van der Waals surface area contributed by atoms with Gasteiger partial charge in [0.05, 0.1) is 35.8 Å². The first kappa shape index (κ1) is 12.6. The van der Waals surface area contributed by atoms with Crippen LogP contribution in [0.3, 0.4) is 0 Å². The molecule has 0 bridgehead atoms. The first-order chi connectivity index (χ1) is 9.36. The summed E-state index contributed by atoms with van der Waals surface area (Å²) in [6, 6.07) is 8.39. The monoisotopic (exact) mass is 275 g/mol. The Bertz CT molecular complexity index is 508. The molecule has 1 aromatic carbocycles. The number of benzene rings is 1. The second kappa shape index (κ2) is 5.67. The van der Waals surface area contributed by atoms with E-state index < -0.39 is 0 Å². The van der Waals surface area contributed by atoms with E-state index in [0.717, 1.165) is 18.0 Å². The molecular formula is C14H17N3OS. The van der Waals surface area contributed by atoms with Gasteiger partial charge >= 0.3 is 0 Å². The van der Waals surface area contributed by atoms with Gasteiger partial charge in [0.1, 0.15) is 5.75 Å². The number of nitrogens with zero attached hydrogens (tertiary/aromatic N) is 2. The Labute approximate surface area is 117 Å². The van der Waals surface area contributed by atoms with Crippen LogP contribution in [0.4, 0.5) is 0 Å². The molecule has 1 atom stereocenters. The lowest BCUT2D eigenvalue weighted by Gasteiger charge is -2.16. The molecule has 1 unspecified atom stereocenters. The number of rotatable bonds is 6. The van der Waals surface area contributed by atoms with Crippen molar-refractivity contribution in [1.29, 1.82) is 0 Å². The van der Waals surface area contributed by atoms with Gasteiger partial charge < -0.3 is 10.1 Å². The van der Waals surface area contributed by atoms with Crippen molar-refractivity contribution >= 4 is 11.7 Å². The highest BCUT2D eigenvalue weighted by Crippen LogP contribution is 2.28. The molecule has 0 spiro atoms. The molecule has 1 aromatic heterocycles. The van der Waals surface area contributed by atoms with E-state index >= 15 is 0 Å². The molecule has 100 valence electrons. The van der Waals surface area contributed by atoms with Gasteiger partial charge in [0.2, 0.25) is 0 Å². The summed E-state index contributed by atoms with van der Waals surface area (Å²) >= 11 is 1.24. The summed E-state index contributed by atoms with van der Waals surface area (Å²) in [5.41, 5.74) is 2.17. The van der Waals surface area contributed by atoms with Crippen molar-refractivity contribution in [1.82, 2.24) is 14.1 Å². The number of ether oxygens (including phenoxy) is 1. The fraction of sp³-hybridized carbons (Fsp3) is 0.429. The Kier molecular flexibility index (Phi) is 3.75. The van der Waals surface area contributed by atoms with E-state index in [0.29, 0.717) is 6.10 Å². The van der Waals surface area contributed by atoms with Crippen molar-refractivity contribution in [2.24, 2.45) is 0 Å². The average Bonchev–Trinajstić information content (AvgIpc) is 3.08. The largest absolute Gasteiger partial charge is 0.490 e. The Morgan fingerprint density at radius 1 is 1.37 bits per heavy atom. The minimum atomic E-state index is 0.110. The highest BCUT2D eigenvalue weighted by atomic mass is 32.1. The summed E-state index contributed by atoms with van der Waals surface area (Å²) in [5.74, 6) is 0.956. The van der Waals surface area contributed by atoms with Crippen molar-refractivity contribution in [3.05, 3.63) is 41.7 Å². The maximum absolute atomic E-state index is 5.76. The molecular weight excluding hydrogens is 258 g/mol. The van der Waals surface area contributed by atoms with Crippen LogP contribution in [-0.4, -0.2) is 21.4 Å². The molecule has 1 saturated carbocycles. The SMILES string of the molecule is CCNC(c1ccc(OC2CC2)cc1)c1cnsn1. The van der Waals surface area contributed by atoms with Crippen LogP contribution >= 0.6 is 11.7 Å². The normalized spacial score (nSPS) is 16.3. The first-order valence-corrected chi connectivity index (χ1v) is 7.37. The maximum atomic E-state index is 5.76. The van der Waals surface area contributed by atoms with E-state index in [1.165, 1.54) is 30.1 Å². The predicted molar refractivity (Wildman–Crippen MR) is 75.5 cm³/mol. The summed E-state index contributed by atoms with van der Waals surface area (Å²) in [6.45, 7) is 2.99. The molecule has 0 amide bonds. The van der Waals surface area contributed by atoms with Gasteiger partial charge in [-0.05, 0) is 37.1 Å². The molecule has 1 aliphatic carbocycles. The third-order valence-electron chi connectivity index (χ3n) is 3.12. The van der Waals surface area contributed by atoms with Gasteiger partial charge in [-0.15, -0.1) is 0 Å². The van der Waals surface area contributed by atoms with Crippen LogP contribution in [-0.2, 0) is 0 Å². The van der Waals surface area contributed by atoms with E-state index in [1.54, 1.807) is 0 Å². The van der Waals surface area contributed by atoms with Crippen LogP contribution in [0.5, 0.6) is 5.75 Å².